The number of nitrogens with one attached hydrogen (secondary N) is 1. The predicted octanol–water partition coefficient (Wildman–Crippen LogP) is 1.94. The first-order valence-electron chi connectivity index (χ1n) is 8.95. The van der Waals surface area contributed by atoms with Crippen molar-refractivity contribution in [2.75, 3.05) is 56.7 Å². The number of piperazine rings is 1. The van der Waals surface area contributed by atoms with Crippen molar-refractivity contribution in [3.05, 3.63) is 47.7 Å². The molecule has 1 N–H and O–H groups in total. The maximum absolute atomic E-state index is 13.1. The first-order chi connectivity index (χ1) is 13.1. The summed E-state index contributed by atoms with van der Waals surface area (Å²) in [6, 6.07) is 8.11. The first-order valence-corrected chi connectivity index (χ1v) is 8.95. The molecule has 1 aliphatic heterocycles. The van der Waals surface area contributed by atoms with Crippen LogP contribution in [0.4, 0.5) is 15.9 Å². The van der Waals surface area contributed by atoms with E-state index in [4.69, 9.17) is 4.74 Å². The molecular weight excluding hydrogens is 349 g/mol. The standard InChI is InChI=1S/C19H24FN5O2/c1-14-22-17(13-18(23-14)21-7-12-27-2)19(26)25-10-8-24(9-11-25)16-5-3-15(20)4-6-16/h3-6,13H,7-12H2,1-2H3,(H,21,22,23). The van der Waals surface area contributed by atoms with Gasteiger partial charge in [0.25, 0.3) is 5.91 Å². The zero-order valence-electron chi connectivity index (χ0n) is 15.6. The molecule has 2 aromatic rings. The molecule has 0 radical (unpaired) electrons. The minimum absolute atomic E-state index is 0.103. The van der Waals surface area contributed by atoms with Crippen molar-refractivity contribution in [1.82, 2.24) is 14.9 Å². The van der Waals surface area contributed by atoms with Gasteiger partial charge in [0.2, 0.25) is 0 Å². The monoisotopic (exact) mass is 373 g/mol. The summed E-state index contributed by atoms with van der Waals surface area (Å²) in [6.45, 7) is 5.50. The highest BCUT2D eigenvalue weighted by molar-refractivity contribution is 5.93. The van der Waals surface area contributed by atoms with Crippen LogP contribution in [0.5, 0.6) is 0 Å². The van der Waals surface area contributed by atoms with E-state index in [2.05, 4.69) is 20.2 Å². The molecule has 0 unspecified atom stereocenters. The number of amides is 1. The number of aryl methyl sites for hydroxylation is 1. The minimum atomic E-state index is -0.249. The average molecular weight is 373 g/mol. The number of aromatic nitrogens is 2. The highest BCUT2D eigenvalue weighted by Crippen LogP contribution is 2.18. The van der Waals surface area contributed by atoms with Gasteiger partial charge in [0, 0.05) is 51.6 Å². The molecule has 3 rings (SSSR count). The van der Waals surface area contributed by atoms with Gasteiger partial charge in [-0.05, 0) is 31.2 Å². The molecule has 2 heterocycles. The van der Waals surface area contributed by atoms with Gasteiger partial charge >= 0.3 is 0 Å². The van der Waals surface area contributed by atoms with Crippen molar-refractivity contribution >= 4 is 17.4 Å². The summed E-state index contributed by atoms with van der Waals surface area (Å²) in [7, 11) is 1.63. The van der Waals surface area contributed by atoms with Crippen LogP contribution in [0.25, 0.3) is 0 Å². The lowest BCUT2D eigenvalue weighted by molar-refractivity contribution is 0.0740. The van der Waals surface area contributed by atoms with Crippen LogP contribution in [0, 0.1) is 12.7 Å². The predicted molar refractivity (Wildman–Crippen MR) is 102 cm³/mol. The van der Waals surface area contributed by atoms with Gasteiger partial charge in [-0.1, -0.05) is 0 Å². The number of hydrogen-bond acceptors (Lipinski definition) is 6. The molecule has 0 spiro atoms. The summed E-state index contributed by atoms with van der Waals surface area (Å²) >= 11 is 0. The second-order valence-corrected chi connectivity index (χ2v) is 6.36. The highest BCUT2D eigenvalue weighted by atomic mass is 19.1. The number of benzene rings is 1. The number of rotatable bonds is 6. The minimum Gasteiger partial charge on any atom is -0.383 e. The Hall–Kier alpha value is -2.74. The Morgan fingerprint density at radius 2 is 1.89 bits per heavy atom. The van der Waals surface area contributed by atoms with Crippen molar-refractivity contribution in [2.24, 2.45) is 0 Å². The Morgan fingerprint density at radius 3 is 2.56 bits per heavy atom. The molecule has 0 atom stereocenters. The number of ether oxygens (including phenoxy) is 1. The van der Waals surface area contributed by atoms with Crippen LogP contribution < -0.4 is 10.2 Å². The van der Waals surface area contributed by atoms with Crippen molar-refractivity contribution in [3.63, 3.8) is 0 Å². The molecule has 8 heteroatoms. The quantitative estimate of drug-likeness (QED) is 0.781. The van der Waals surface area contributed by atoms with Crippen molar-refractivity contribution in [3.8, 4) is 0 Å². The molecular formula is C19H24FN5O2. The van der Waals surface area contributed by atoms with E-state index in [1.807, 2.05) is 0 Å². The van der Waals surface area contributed by atoms with Gasteiger partial charge in [-0.2, -0.15) is 0 Å². The van der Waals surface area contributed by atoms with Crippen LogP contribution in [0.15, 0.2) is 30.3 Å². The van der Waals surface area contributed by atoms with Crippen LogP contribution in [-0.2, 0) is 4.74 Å². The van der Waals surface area contributed by atoms with Crippen LogP contribution in [0.2, 0.25) is 0 Å². The van der Waals surface area contributed by atoms with E-state index in [1.165, 1.54) is 12.1 Å². The zero-order valence-corrected chi connectivity index (χ0v) is 15.6. The summed E-state index contributed by atoms with van der Waals surface area (Å²) in [5.41, 5.74) is 1.35. The van der Waals surface area contributed by atoms with E-state index in [0.717, 1.165) is 5.69 Å². The molecule has 1 fully saturated rings. The third-order valence-corrected chi connectivity index (χ3v) is 4.43. The SMILES string of the molecule is COCCNc1cc(C(=O)N2CCN(c3ccc(F)cc3)CC2)nc(C)n1. The smallest absolute Gasteiger partial charge is 0.272 e. The van der Waals surface area contributed by atoms with Gasteiger partial charge in [-0.3, -0.25) is 4.79 Å². The van der Waals surface area contributed by atoms with Crippen LogP contribution in [-0.4, -0.2) is 67.2 Å². The molecule has 0 saturated carbocycles. The number of halogens is 1. The highest BCUT2D eigenvalue weighted by Gasteiger charge is 2.24. The Labute approximate surface area is 158 Å². The van der Waals surface area contributed by atoms with Crippen LogP contribution in [0.1, 0.15) is 16.3 Å². The number of methoxy groups -OCH3 is 1. The Morgan fingerprint density at radius 1 is 1.19 bits per heavy atom. The van der Waals surface area contributed by atoms with E-state index in [1.54, 1.807) is 37.1 Å². The Bertz CT molecular complexity index is 776. The molecule has 144 valence electrons. The van der Waals surface area contributed by atoms with E-state index < -0.39 is 0 Å². The van der Waals surface area contributed by atoms with Crippen LogP contribution in [0.3, 0.4) is 0 Å². The second-order valence-electron chi connectivity index (χ2n) is 6.36. The first kappa shape index (κ1) is 19.0. The Balaban J connectivity index is 1.62. The van der Waals surface area contributed by atoms with Gasteiger partial charge in [0.1, 0.15) is 23.2 Å². The largest absolute Gasteiger partial charge is 0.383 e. The van der Waals surface area contributed by atoms with E-state index in [-0.39, 0.29) is 11.7 Å². The van der Waals surface area contributed by atoms with E-state index in [9.17, 15) is 9.18 Å². The molecule has 0 bridgehead atoms. The molecule has 1 aromatic heterocycles. The topological polar surface area (TPSA) is 70.6 Å². The maximum Gasteiger partial charge on any atom is 0.272 e. The maximum atomic E-state index is 13.1. The molecule has 1 amide bonds. The lowest BCUT2D eigenvalue weighted by atomic mass is 10.2. The van der Waals surface area contributed by atoms with Crippen molar-refractivity contribution in [2.45, 2.75) is 6.92 Å². The van der Waals surface area contributed by atoms with Crippen LogP contribution >= 0.6 is 0 Å². The van der Waals surface area contributed by atoms with E-state index in [0.29, 0.717) is 56.7 Å². The third kappa shape index (κ3) is 4.91. The molecule has 1 saturated heterocycles. The molecule has 7 nitrogen and oxygen atoms in total. The molecule has 1 aromatic carbocycles. The fourth-order valence-corrected chi connectivity index (χ4v) is 3.03. The van der Waals surface area contributed by atoms with E-state index >= 15 is 0 Å². The lowest BCUT2D eigenvalue weighted by Crippen LogP contribution is -2.49. The van der Waals surface area contributed by atoms with Gasteiger partial charge in [0.05, 0.1) is 6.61 Å². The number of carbonyl (C=O) groups excluding carboxylic acids is 1. The number of hydrogen-bond donors (Lipinski definition) is 1. The number of carbonyl (C=O) groups is 1. The molecule has 1 aliphatic rings. The lowest BCUT2D eigenvalue weighted by Gasteiger charge is -2.36. The van der Waals surface area contributed by atoms with Crippen molar-refractivity contribution < 1.29 is 13.9 Å². The van der Waals surface area contributed by atoms with Gasteiger partial charge < -0.3 is 19.9 Å². The average Bonchev–Trinajstić information content (AvgIpc) is 2.68. The van der Waals surface area contributed by atoms with Gasteiger partial charge in [-0.25, -0.2) is 14.4 Å². The summed E-state index contributed by atoms with van der Waals surface area (Å²) in [4.78, 5) is 25.4. The van der Waals surface area contributed by atoms with Gasteiger partial charge in [0.15, 0.2) is 0 Å². The van der Waals surface area contributed by atoms with Gasteiger partial charge in [-0.15, -0.1) is 0 Å². The fourth-order valence-electron chi connectivity index (χ4n) is 3.03. The fraction of sp³-hybridized carbons (Fsp3) is 0.421. The summed E-state index contributed by atoms with van der Waals surface area (Å²) in [5, 5.41) is 3.13. The number of nitrogens with zero attached hydrogens (tertiary/aromatic N) is 4. The Kier molecular flexibility index (Phi) is 6.18. The normalized spacial score (nSPS) is 14.3. The summed E-state index contributed by atoms with van der Waals surface area (Å²) in [6.07, 6.45) is 0. The summed E-state index contributed by atoms with van der Waals surface area (Å²) in [5.74, 6) is 0.814. The third-order valence-electron chi connectivity index (χ3n) is 4.43. The second kappa shape index (κ2) is 8.77. The summed E-state index contributed by atoms with van der Waals surface area (Å²) < 4.78 is 18.1. The van der Waals surface area contributed by atoms with Crippen molar-refractivity contribution in [1.29, 1.82) is 0 Å². The number of anilines is 2. The molecule has 0 aliphatic carbocycles. The zero-order chi connectivity index (χ0) is 19.2. The molecule has 27 heavy (non-hydrogen) atoms.